The van der Waals surface area contributed by atoms with Gasteiger partial charge in [-0.2, -0.15) is 12.6 Å². The predicted octanol–water partition coefficient (Wildman–Crippen LogP) is 2.61. The maximum atomic E-state index is 11.1. The second kappa shape index (κ2) is 5.70. The van der Waals surface area contributed by atoms with Gasteiger partial charge in [-0.15, -0.1) is 0 Å². The van der Waals surface area contributed by atoms with Gasteiger partial charge >= 0.3 is 5.97 Å². The van der Waals surface area contributed by atoms with Crippen molar-refractivity contribution in [3.8, 4) is 0 Å². The maximum absolute atomic E-state index is 11.1. The third-order valence-corrected chi connectivity index (χ3v) is 2.20. The Hall–Kier alpha value is -0.960. The largest absolute Gasteiger partial charge is 0.457 e. The molecule has 1 atom stereocenters. The standard InChI is InChI=1S/C11H14O2S/c1-2-10(13-11(12)8-14)9-6-4-3-5-7-9/h3-7,10,14H,2,8H2,1H3. The fraction of sp³-hybridized carbons (Fsp3) is 0.364. The summed E-state index contributed by atoms with van der Waals surface area (Å²) in [6.45, 7) is 1.99. The fourth-order valence-corrected chi connectivity index (χ4v) is 1.33. The van der Waals surface area contributed by atoms with E-state index in [0.717, 1.165) is 12.0 Å². The zero-order valence-corrected chi connectivity index (χ0v) is 9.04. The molecule has 0 N–H and O–H groups in total. The van der Waals surface area contributed by atoms with Crippen LogP contribution in [0.4, 0.5) is 0 Å². The SMILES string of the molecule is CCC(OC(=O)CS)c1ccccc1. The summed E-state index contributed by atoms with van der Waals surface area (Å²) in [4.78, 5) is 11.1. The van der Waals surface area contributed by atoms with Crippen LogP contribution in [0.5, 0.6) is 0 Å². The number of carbonyl (C=O) groups excluding carboxylic acids is 1. The van der Waals surface area contributed by atoms with Crippen LogP contribution in [0.25, 0.3) is 0 Å². The highest BCUT2D eigenvalue weighted by Crippen LogP contribution is 2.20. The smallest absolute Gasteiger partial charge is 0.316 e. The molecule has 1 aromatic carbocycles. The van der Waals surface area contributed by atoms with Crippen molar-refractivity contribution in [3.63, 3.8) is 0 Å². The molecule has 3 heteroatoms. The van der Waals surface area contributed by atoms with Crippen LogP contribution in [-0.2, 0) is 9.53 Å². The maximum Gasteiger partial charge on any atom is 0.316 e. The first kappa shape index (κ1) is 11.1. The van der Waals surface area contributed by atoms with Gasteiger partial charge in [0.1, 0.15) is 6.10 Å². The van der Waals surface area contributed by atoms with Gasteiger partial charge in [0.25, 0.3) is 0 Å². The van der Waals surface area contributed by atoms with Crippen LogP contribution < -0.4 is 0 Å². The van der Waals surface area contributed by atoms with E-state index in [1.807, 2.05) is 37.3 Å². The number of esters is 1. The van der Waals surface area contributed by atoms with Crippen molar-refractivity contribution in [1.29, 1.82) is 0 Å². The second-order valence-electron chi connectivity index (χ2n) is 2.96. The number of hydrogen-bond donors (Lipinski definition) is 1. The molecule has 0 aliphatic heterocycles. The van der Waals surface area contributed by atoms with Crippen LogP contribution in [0.2, 0.25) is 0 Å². The topological polar surface area (TPSA) is 26.3 Å². The highest BCUT2D eigenvalue weighted by atomic mass is 32.1. The van der Waals surface area contributed by atoms with E-state index in [4.69, 9.17) is 4.74 Å². The van der Waals surface area contributed by atoms with Crippen LogP contribution in [0.3, 0.4) is 0 Å². The van der Waals surface area contributed by atoms with Gasteiger partial charge in [-0.1, -0.05) is 37.3 Å². The summed E-state index contributed by atoms with van der Waals surface area (Å²) < 4.78 is 5.22. The second-order valence-corrected chi connectivity index (χ2v) is 3.27. The summed E-state index contributed by atoms with van der Waals surface area (Å²) in [6.07, 6.45) is 0.639. The molecular formula is C11H14O2S. The van der Waals surface area contributed by atoms with E-state index in [0.29, 0.717) is 0 Å². The third-order valence-electron chi connectivity index (χ3n) is 1.94. The summed E-state index contributed by atoms with van der Waals surface area (Å²) in [5.74, 6) is -0.146. The Bertz CT molecular complexity index is 285. The molecule has 0 aliphatic rings. The first-order chi connectivity index (χ1) is 6.77. The molecule has 0 spiro atoms. The Morgan fingerprint density at radius 2 is 2.07 bits per heavy atom. The van der Waals surface area contributed by atoms with E-state index < -0.39 is 0 Å². The molecule has 2 nitrogen and oxygen atoms in total. The summed E-state index contributed by atoms with van der Waals surface area (Å²) in [5.41, 5.74) is 1.03. The highest BCUT2D eigenvalue weighted by molar-refractivity contribution is 7.81. The van der Waals surface area contributed by atoms with Crippen LogP contribution in [0.15, 0.2) is 30.3 Å². The van der Waals surface area contributed by atoms with Gasteiger partial charge in [-0.3, -0.25) is 4.79 Å². The Labute approximate surface area is 89.7 Å². The molecule has 0 amide bonds. The first-order valence-corrected chi connectivity index (χ1v) is 5.26. The lowest BCUT2D eigenvalue weighted by Gasteiger charge is -2.15. The van der Waals surface area contributed by atoms with Gasteiger partial charge in [0.2, 0.25) is 0 Å². The molecule has 76 valence electrons. The highest BCUT2D eigenvalue weighted by Gasteiger charge is 2.12. The molecule has 1 unspecified atom stereocenters. The summed E-state index contributed by atoms with van der Waals surface area (Å²) >= 11 is 3.87. The van der Waals surface area contributed by atoms with E-state index in [9.17, 15) is 4.79 Å². The molecule has 14 heavy (non-hydrogen) atoms. The molecule has 0 fully saturated rings. The molecule has 0 heterocycles. The van der Waals surface area contributed by atoms with E-state index >= 15 is 0 Å². The van der Waals surface area contributed by atoms with Crippen LogP contribution in [-0.4, -0.2) is 11.7 Å². The number of carbonyl (C=O) groups is 1. The normalized spacial score (nSPS) is 12.1. The van der Waals surface area contributed by atoms with Crippen molar-refractivity contribution >= 4 is 18.6 Å². The molecule has 0 saturated carbocycles. The quantitative estimate of drug-likeness (QED) is 0.610. The number of benzene rings is 1. The summed E-state index contributed by atoms with van der Waals surface area (Å²) in [5, 5.41) is 0. The van der Waals surface area contributed by atoms with Crippen molar-refractivity contribution in [2.45, 2.75) is 19.4 Å². The minimum atomic E-state index is -0.274. The Morgan fingerprint density at radius 1 is 1.43 bits per heavy atom. The van der Waals surface area contributed by atoms with Gasteiger partial charge in [0, 0.05) is 0 Å². The summed E-state index contributed by atoms with van der Waals surface area (Å²) in [7, 11) is 0. The van der Waals surface area contributed by atoms with Crippen LogP contribution in [0, 0.1) is 0 Å². The molecule has 0 aliphatic carbocycles. The van der Waals surface area contributed by atoms with Crippen molar-refractivity contribution in [3.05, 3.63) is 35.9 Å². The van der Waals surface area contributed by atoms with Crippen LogP contribution >= 0.6 is 12.6 Å². The van der Waals surface area contributed by atoms with Crippen molar-refractivity contribution < 1.29 is 9.53 Å². The Morgan fingerprint density at radius 3 is 2.57 bits per heavy atom. The minimum absolute atomic E-state index is 0.128. The molecule has 1 rings (SSSR count). The van der Waals surface area contributed by atoms with E-state index in [2.05, 4.69) is 12.6 Å². The lowest BCUT2D eigenvalue weighted by molar-refractivity contribution is -0.146. The van der Waals surface area contributed by atoms with E-state index in [1.165, 1.54) is 0 Å². The van der Waals surface area contributed by atoms with Gasteiger partial charge < -0.3 is 4.74 Å². The molecule has 0 saturated heterocycles. The zero-order valence-electron chi connectivity index (χ0n) is 8.14. The van der Waals surface area contributed by atoms with Gasteiger partial charge in [0.05, 0.1) is 5.75 Å². The third kappa shape index (κ3) is 3.07. The molecule has 0 aromatic heterocycles. The molecule has 0 radical (unpaired) electrons. The average Bonchev–Trinajstić information content (AvgIpc) is 2.26. The molecular weight excluding hydrogens is 196 g/mol. The minimum Gasteiger partial charge on any atom is -0.457 e. The zero-order chi connectivity index (χ0) is 10.4. The number of rotatable bonds is 4. The fourth-order valence-electron chi connectivity index (χ4n) is 1.25. The number of hydrogen-bond acceptors (Lipinski definition) is 3. The van der Waals surface area contributed by atoms with Gasteiger partial charge in [-0.05, 0) is 12.0 Å². The predicted molar refractivity (Wildman–Crippen MR) is 59.4 cm³/mol. The first-order valence-electron chi connectivity index (χ1n) is 4.63. The Balaban J connectivity index is 2.68. The van der Waals surface area contributed by atoms with Crippen LogP contribution in [0.1, 0.15) is 25.0 Å². The van der Waals surface area contributed by atoms with Crippen molar-refractivity contribution in [2.75, 3.05) is 5.75 Å². The lowest BCUT2D eigenvalue weighted by Crippen LogP contribution is -2.11. The van der Waals surface area contributed by atoms with Gasteiger partial charge in [-0.25, -0.2) is 0 Å². The van der Waals surface area contributed by atoms with Crippen molar-refractivity contribution in [1.82, 2.24) is 0 Å². The van der Waals surface area contributed by atoms with E-state index in [1.54, 1.807) is 0 Å². The Kier molecular flexibility index (Phi) is 4.53. The average molecular weight is 210 g/mol. The number of thiol groups is 1. The van der Waals surface area contributed by atoms with E-state index in [-0.39, 0.29) is 17.8 Å². The monoisotopic (exact) mass is 210 g/mol. The molecule has 1 aromatic rings. The summed E-state index contributed by atoms with van der Waals surface area (Å²) in [6, 6.07) is 9.73. The lowest BCUT2D eigenvalue weighted by atomic mass is 10.1. The number of ether oxygens (including phenoxy) is 1. The van der Waals surface area contributed by atoms with Crippen molar-refractivity contribution in [2.24, 2.45) is 0 Å². The molecule has 0 bridgehead atoms. The van der Waals surface area contributed by atoms with Gasteiger partial charge in [0.15, 0.2) is 0 Å².